The van der Waals surface area contributed by atoms with Crippen molar-refractivity contribution in [3.63, 3.8) is 0 Å². The van der Waals surface area contributed by atoms with Gasteiger partial charge in [0.1, 0.15) is 11.8 Å². The van der Waals surface area contributed by atoms with E-state index in [0.29, 0.717) is 30.2 Å². The molecule has 0 aliphatic carbocycles. The molecule has 2 aromatic rings. The van der Waals surface area contributed by atoms with E-state index >= 15 is 0 Å². The molecule has 0 radical (unpaired) electrons. The quantitative estimate of drug-likeness (QED) is 0.782. The monoisotopic (exact) mass is 361 g/mol. The van der Waals surface area contributed by atoms with Crippen LogP contribution in [0.3, 0.4) is 0 Å². The molecular formula is C16H19N5O3S. The number of benzene rings is 1. The number of hydrogen-bond acceptors (Lipinski definition) is 6. The molecule has 1 fully saturated rings. The second-order valence-electron chi connectivity index (χ2n) is 6.01. The third kappa shape index (κ3) is 3.82. The van der Waals surface area contributed by atoms with Crippen LogP contribution in [0, 0.1) is 17.2 Å². The zero-order valence-electron chi connectivity index (χ0n) is 13.8. The molecule has 8 nitrogen and oxygen atoms in total. The van der Waals surface area contributed by atoms with Crippen molar-refractivity contribution in [2.45, 2.75) is 6.42 Å². The molecule has 0 unspecified atom stereocenters. The molecule has 2 heterocycles. The minimum atomic E-state index is -3.64. The number of nitriles is 1. The van der Waals surface area contributed by atoms with E-state index in [4.69, 9.17) is 9.88 Å². The lowest BCUT2D eigenvalue weighted by molar-refractivity contribution is 0.385. The maximum absolute atomic E-state index is 10.9. The first-order valence-corrected chi connectivity index (χ1v) is 9.35. The molecule has 1 aromatic carbocycles. The number of nitrogens with zero attached hydrogens (tertiary/aromatic N) is 3. The smallest absolute Gasteiger partial charge is 0.274 e. The fourth-order valence-electron chi connectivity index (χ4n) is 3.05. The van der Waals surface area contributed by atoms with E-state index in [1.165, 1.54) is 0 Å². The number of fused-ring (bicyclic) bond motifs is 1. The molecule has 0 bridgehead atoms. The van der Waals surface area contributed by atoms with Gasteiger partial charge in [-0.1, -0.05) is 0 Å². The first-order valence-electron chi connectivity index (χ1n) is 7.80. The fraction of sp³-hybridized carbons (Fsp3) is 0.375. The minimum absolute atomic E-state index is 0.316. The first-order chi connectivity index (χ1) is 11.9. The largest absolute Gasteiger partial charge is 0.497 e. The van der Waals surface area contributed by atoms with Crippen LogP contribution in [0.15, 0.2) is 24.4 Å². The van der Waals surface area contributed by atoms with Crippen LogP contribution in [0.5, 0.6) is 5.75 Å². The lowest BCUT2D eigenvalue weighted by Crippen LogP contribution is -2.48. The number of nitrogens with two attached hydrogens (primary N) is 1. The normalized spacial score (nSPS) is 15.0. The summed E-state index contributed by atoms with van der Waals surface area (Å²) in [7, 11) is -2.04. The number of rotatable bonds is 6. The predicted molar refractivity (Wildman–Crippen MR) is 94.4 cm³/mol. The highest BCUT2D eigenvalue weighted by molar-refractivity contribution is 7.87. The van der Waals surface area contributed by atoms with Gasteiger partial charge in [-0.15, -0.1) is 0 Å². The SMILES string of the molecule is COc1ccc2c(N3CC(CCNS(N)(=O)=O)C3)c(C#N)cnc2c1. The van der Waals surface area contributed by atoms with Crippen LogP contribution in [0.1, 0.15) is 12.0 Å². The Morgan fingerprint density at radius 1 is 1.48 bits per heavy atom. The second kappa shape index (κ2) is 6.84. The summed E-state index contributed by atoms with van der Waals surface area (Å²) in [5.74, 6) is 1.06. The van der Waals surface area contributed by atoms with Gasteiger partial charge in [0.25, 0.3) is 10.2 Å². The maximum atomic E-state index is 10.9. The van der Waals surface area contributed by atoms with Crippen molar-refractivity contribution in [1.29, 1.82) is 5.26 Å². The molecule has 3 N–H and O–H groups in total. The molecule has 1 aromatic heterocycles. The Hall–Kier alpha value is -2.41. The standard InChI is InChI=1S/C16H19N5O3S/c1-24-13-2-3-14-15(6-13)19-8-12(7-17)16(14)21-9-11(10-21)4-5-20-25(18,22)23/h2-3,6,8,11,20H,4-5,9-10H2,1H3,(H2,18,22,23). The topological polar surface area (TPSA) is 121 Å². The summed E-state index contributed by atoms with van der Waals surface area (Å²) < 4.78 is 29.3. The van der Waals surface area contributed by atoms with Crippen molar-refractivity contribution < 1.29 is 13.2 Å². The summed E-state index contributed by atoms with van der Waals surface area (Å²) in [4.78, 5) is 6.46. The summed E-state index contributed by atoms with van der Waals surface area (Å²) in [5, 5.41) is 15.2. The van der Waals surface area contributed by atoms with E-state index in [0.717, 1.165) is 29.7 Å². The number of pyridine rings is 1. The van der Waals surface area contributed by atoms with E-state index in [2.05, 4.69) is 20.7 Å². The first kappa shape index (κ1) is 17.4. The van der Waals surface area contributed by atoms with Crippen LogP contribution in [-0.4, -0.2) is 40.1 Å². The van der Waals surface area contributed by atoms with E-state index in [1.54, 1.807) is 13.3 Å². The fourth-order valence-corrected chi connectivity index (χ4v) is 3.45. The molecule has 25 heavy (non-hydrogen) atoms. The van der Waals surface area contributed by atoms with Gasteiger partial charge < -0.3 is 9.64 Å². The Morgan fingerprint density at radius 3 is 2.88 bits per heavy atom. The highest BCUT2D eigenvalue weighted by Crippen LogP contribution is 2.35. The van der Waals surface area contributed by atoms with Crippen molar-refractivity contribution in [3.8, 4) is 11.8 Å². The average Bonchev–Trinajstić information content (AvgIpc) is 2.54. The molecule has 1 saturated heterocycles. The third-order valence-electron chi connectivity index (χ3n) is 4.30. The molecule has 132 valence electrons. The zero-order chi connectivity index (χ0) is 18.0. The van der Waals surface area contributed by atoms with E-state index < -0.39 is 10.2 Å². The molecule has 9 heteroatoms. The van der Waals surface area contributed by atoms with Crippen molar-refractivity contribution in [2.75, 3.05) is 31.6 Å². The number of anilines is 1. The van der Waals surface area contributed by atoms with Gasteiger partial charge in [-0.05, 0) is 24.5 Å². The van der Waals surface area contributed by atoms with Gasteiger partial charge in [0.05, 0.1) is 23.9 Å². The Bertz CT molecular complexity index is 933. The van der Waals surface area contributed by atoms with E-state index in [-0.39, 0.29) is 0 Å². The second-order valence-corrected chi connectivity index (χ2v) is 7.39. The molecule has 3 rings (SSSR count). The zero-order valence-corrected chi connectivity index (χ0v) is 14.6. The Kier molecular flexibility index (Phi) is 4.76. The lowest BCUT2D eigenvalue weighted by Gasteiger charge is -2.42. The lowest BCUT2D eigenvalue weighted by atomic mass is 9.94. The van der Waals surface area contributed by atoms with E-state index in [9.17, 15) is 13.7 Å². The van der Waals surface area contributed by atoms with Crippen LogP contribution in [0.25, 0.3) is 10.9 Å². The van der Waals surface area contributed by atoms with Gasteiger partial charge in [-0.3, -0.25) is 4.98 Å². The number of ether oxygens (including phenoxy) is 1. The van der Waals surface area contributed by atoms with Crippen molar-refractivity contribution in [1.82, 2.24) is 9.71 Å². The van der Waals surface area contributed by atoms with Crippen LogP contribution in [-0.2, 0) is 10.2 Å². The van der Waals surface area contributed by atoms with Gasteiger partial charge in [-0.2, -0.15) is 13.7 Å². The Morgan fingerprint density at radius 2 is 2.24 bits per heavy atom. The highest BCUT2D eigenvalue weighted by atomic mass is 32.2. The molecule has 1 aliphatic heterocycles. The van der Waals surface area contributed by atoms with Crippen molar-refractivity contribution >= 4 is 26.8 Å². The molecule has 1 aliphatic rings. The minimum Gasteiger partial charge on any atom is -0.497 e. The van der Waals surface area contributed by atoms with Crippen molar-refractivity contribution in [3.05, 3.63) is 30.0 Å². The van der Waals surface area contributed by atoms with Crippen LogP contribution in [0.2, 0.25) is 0 Å². The summed E-state index contributed by atoms with van der Waals surface area (Å²) in [6, 6.07) is 7.80. The summed E-state index contributed by atoms with van der Waals surface area (Å²) in [6.07, 6.45) is 2.28. The molecule has 0 atom stereocenters. The number of methoxy groups -OCH3 is 1. The molecule has 0 amide bonds. The average molecular weight is 361 g/mol. The van der Waals surface area contributed by atoms with Gasteiger partial charge in [0.2, 0.25) is 0 Å². The molecule has 0 saturated carbocycles. The number of aromatic nitrogens is 1. The molecule has 0 spiro atoms. The third-order valence-corrected chi connectivity index (χ3v) is 4.90. The van der Waals surface area contributed by atoms with Crippen LogP contribution >= 0.6 is 0 Å². The van der Waals surface area contributed by atoms with Gasteiger partial charge in [0.15, 0.2) is 0 Å². The maximum Gasteiger partial charge on any atom is 0.274 e. The Labute approximate surface area is 146 Å². The van der Waals surface area contributed by atoms with Gasteiger partial charge >= 0.3 is 0 Å². The highest BCUT2D eigenvalue weighted by Gasteiger charge is 2.29. The summed E-state index contributed by atoms with van der Waals surface area (Å²) >= 11 is 0. The summed E-state index contributed by atoms with van der Waals surface area (Å²) in [5.41, 5.74) is 2.16. The van der Waals surface area contributed by atoms with Crippen molar-refractivity contribution in [2.24, 2.45) is 11.1 Å². The van der Waals surface area contributed by atoms with Gasteiger partial charge in [0, 0.05) is 37.3 Å². The Balaban J connectivity index is 1.77. The van der Waals surface area contributed by atoms with Crippen LogP contribution in [0.4, 0.5) is 5.69 Å². The van der Waals surface area contributed by atoms with Gasteiger partial charge in [-0.25, -0.2) is 9.86 Å². The predicted octanol–water partition coefficient (Wildman–Crippen LogP) is 0.734. The van der Waals surface area contributed by atoms with Crippen LogP contribution < -0.4 is 19.5 Å². The number of nitrogens with one attached hydrogen (secondary N) is 1. The van der Waals surface area contributed by atoms with E-state index in [1.807, 2.05) is 18.2 Å². The summed E-state index contributed by atoms with van der Waals surface area (Å²) in [6.45, 7) is 1.83. The molecular weight excluding hydrogens is 342 g/mol. The number of hydrogen-bond donors (Lipinski definition) is 2.